The predicted octanol–water partition coefficient (Wildman–Crippen LogP) is 2.24. The van der Waals surface area contributed by atoms with Crippen molar-refractivity contribution >= 4 is 11.9 Å². The molecule has 4 nitrogen and oxygen atoms in total. The Morgan fingerprint density at radius 3 is 1.29 bits per heavy atom. The number of carboxylic acid groups (broad SMARTS) is 1. The van der Waals surface area contributed by atoms with Crippen molar-refractivity contribution in [3.05, 3.63) is 0 Å². The summed E-state index contributed by atoms with van der Waals surface area (Å²) >= 11 is 0. The van der Waals surface area contributed by atoms with E-state index in [1.807, 2.05) is 0 Å². The van der Waals surface area contributed by atoms with Gasteiger partial charge in [-0.05, 0) is 6.42 Å². The third-order valence-electron chi connectivity index (χ3n) is 5.29. The maximum Gasteiger partial charge on any atom is 1.00 e. The van der Waals surface area contributed by atoms with E-state index >= 15 is 0 Å². The van der Waals surface area contributed by atoms with Crippen molar-refractivity contribution in [3.8, 4) is 0 Å². The van der Waals surface area contributed by atoms with Crippen LogP contribution in [0.4, 0.5) is 0 Å². The maximum absolute atomic E-state index is 11.7. The monoisotopic (exact) mass is 405 g/mol. The SMILES string of the molecule is CCCCCCCCCCCCCCCCCCCC(=O)N(C)CC(=O)[O-].[Na+]. The zero-order chi connectivity index (χ0) is 20.2. The summed E-state index contributed by atoms with van der Waals surface area (Å²) in [5, 5.41) is 10.4. The molecule has 0 N–H and O–H groups in total. The number of amides is 1. The van der Waals surface area contributed by atoms with Crippen molar-refractivity contribution in [1.82, 2.24) is 4.90 Å². The minimum Gasteiger partial charge on any atom is -0.548 e. The zero-order valence-electron chi connectivity index (χ0n) is 19.1. The standard InChI is InChI=1S/C23H45NO3.Na/c1-3-4-5-6-7-8-9-10-11-12-13-14-15-16-17-18-19-20-22(25)24(2)21-23(26)27;/h3-21H2,1-2H3,(H,26,27);/q;+1/p-1. The van der Waals surface area contributed by atoms with Crippen LogP contribution < -0.4 is 34.7 Å². The predicted molar refractivity (Wildman–Crippen MR) is 111 cm³/mol. The first-order chi connectivity index (χ1) is 13.1. The van der Waals surface area contributed by atoms with Crippen molar-refractivity contribution in [2.45, 2.75) is 122 Å². The molecule has 0 aliphatic carbocycles. The number of hydrogen-bond acceptors (Lipinski definition) is 3. The van der Waals surface area contributed by atoms with Crippen molar-refractivity contribution < 1.29 is 44.3 Å². The maximum atomic E-state index is 11.7. The average molecular weight is 406 g/mol. The second kappa shape index (κ2) is 23.2. The fourth-order valence-corrected chi connectivity index (χ4v) is 3.47. The molecule has 0 bridgehead atoms. The summed E-state index contributed by atoms with van der Waals surface area (Å²) in [6.45, 7) is 1.96. The Balaban J connectivity index is 0. The Morgan fingerprint density at radius 2 is 0.964 bits per heavy atom. The van der Waals surface area contributed by atoms with Crippen molar-refractivity contribution in [2.24, 2.45) is 0 Å². The largest absolute Gasteiger partial charge is 1.00 e. The van der Waals surface area contributed by atoms with E-state index in [1.165, 1.54) is 108 Å². The minimum atomic E-state index is -1.20. The Bertz CT molecular complexity index is 364. The molecule has 1 amide bonds. The van der Waals surface area contributed by atoms with Gasteiger partial charge in [-0.15, -0.1) is 0 Å². The quantitative estimate of drug-likeness (QED) is 0.231. The van der Waals surface area contributed by atoms with Crippen LogP contribution in [0.2, 0.25) is 0 Å². The molecule has 0 spiro atoms. The molecule has 160 valence electrons. The number of carboxylic acids is 1. The molecule has 0 aliphatic rings. The van der Waals surface area contributed by atoms with E-state index in [4.69, 9.17) is 0 Å². The van der Waals surface area contributed by atoms with E-state index in [0.29, 0.717) is 6.42 Å². The van der Waals surface area contributed by atoms with Gasteiger partial charge >= 0.3 is 29.6 Å². The smallest absolute Gasteiger partial charge is 0.548 e. The molecule has 0 aliphatic heterocycles. The van der Waals surface area contributed by atoms with Gasteiger partial charge in [-0.3, -0.25) is 4.79 Å². The van der Waals surface area contributed by atoms with Crippen molar-refractivity contribution in [1.29, 1.82) is 0 Å². The molecule has 0 saturated heterocycles. The molecule has 0 fully saturated rings. The number of likely N-dealkylation sites (N-methyl/N-ethyl adjacent to an activating group) is 1. The molecule has 0 unspecified atom stereocenters. The number of unbranched alkanes of at least 4 members (excludes halogenated alkanes) is 16. The molecule has 28 heavy (non-hydrogen) atoms. The normalized spacial score (nSPS) is 10.5. The number of hydrogen-bond donors (Lipinski definition) is 0. The number of rotatable bonds is 20. The number of nitrogens with zero attached hydrogens (tertiary/aromatic N) is 1. The second-order valence-corrected chi connectivity index (χ2v) is 8.03. The summed E-state index contributed by atoms with van der Waals surface area (Å²) in [4.78, 5) is 23.4. The Kier molecular flexibility index (Phi) is 25.0. The molecular weight excluding hydrogens is 361 g/mol. The van der Waals surface area contributed by atoms with Crippen LogP contribution in [-0.4, -0.2) is 30.4 Å². The molecular formula is C23H44NNaO3. The van der Waals surface area contributed by atoms with E-state index in [2.05, 4.69) is 6.92 Å². The van der Waals surface area contributed by atoms with Gasteiger partial charge in [-0.1, -0.05) is 110 Å². The van der Waals surface area contributed by atoms with Gasteiger partial charge in [0.05, 0.1) is 12.5 Å². The molecule has 0 aromatic carbocycles. The fourth-order valence-electron chi connectivity index (χ4n) is 3.47. The van der Waals surface area contributed by atoms with E-state index in [9.17, 15) is 14.7 Å². The van der Waals surface area contributed by atoms with Gasteiger partial charge < -0.3 is 14.8 Å². The summed E-state index contributed by atoms with van der Waals surface area (Å²) in [5.41, 5.74) is 0. The van der Waals surface area contributed by atoms with Gasteiger partial charge in [-0.2, -0.15) is 0 Å². The van der Waals surface area contributed by atoms with Crippen LogP contribution in [0.15, 0.2) is 0 Å². The zero-order valence-corrected chi connectivity index (χ0v) is 21.1. The van der Waals surface area contributed by atoms with Crippen LogP contribution in [0, 0.1) is 0 Å². The minimum absolute atomic E-state index is 0. The second-order valence-electron chi connectivity index (χ2n) is 8.03. The summed E-state index contributed by atoms with van der Waals surface area (Å²) in [6, 6.07) is 0. The number of aliphatic carboxylic acids is 1. The summed E-state index contributed by atoms with van der Waals surface area (Å²) in [6.07, 6.45) is 22.9. The molecule has 0 heterocycles. The Labute approximate surface area is 196 Å². The first-order valence-electron chi connectivity index (χ1n) is 11.5. The molecule has 0 aromatic heterocycles. The van der Waals surface area contributed by atoms with Gasteiger partial charge in [0, 0.05) is 13.5 Å². The van der Waals surface area contributed by atoms with Crippen LogP contribution >= 0.6 is 0 Å². The van der Waals surface area contributed by atoms with Gasteiger partial charge in [0.25, 0.3) is 0 Å². The third kappa shape index (κ3) is 22.2. The summed E-state index contributed by atoms with van der Waals surface area (Å²) in [5.74, 6) is -1.30. The van der Waals surface area contributed by atoms with E-state index in [1.54, 1.807) is 0 Å². The topological polar surface area (TPSA) is 60.4 Å². The van der Waals surface area contributed by atoms with Crippen molar-refractivity contribution in [3.63, 3.8) is 0 Å². The Hall–Kier alpha value is -0.0600. The van der Waals surface area contributed by atoms with E-state index < -0.39 is 5.97 Å². The van der Waals surface area contributed by atoms with Crippen LogP contribution in [0.5, 0.6) is 0 Å². The summed E-state index contributed by atoms with van der Waals surface area (Å²) in [7, 11) is 1.52. The Morgan fingerprint density at radius 1 is 0.643 bits per heavy atom. The van der Waals surface area contributed by atoms with E-state index in [0.717, 1.165) is 12.8 Å². The number of carbonyl (C=O) groups is 2. The number of carbonyl (C=O) groups excluding carboxylic acids is 2. The first-order valence-corrected chi connectivity index (χ1v) is 11.5. The van der Waals surface area contributed by atoms with Gasteiger partial charge in [-0.25, -0.2) is 0 Å². The summed E-state index contributed by atoms with van der Waals surface area (Å²) < 4.78 is 0. The van der Waals surface area contributed by atoms with Crippen LogP contribution in [0.3, 0.4) is 0 Å². The van der Waals surface area contributed by atoms with Crippen LogP contribution in [-0.2, 0) is 9.59 Å². The first kappa shape index (κ1) is 30.1. The average Bonchev–Trinajstić information content (AvgIpc) is 2.63. The molecule has 0 atom stereocenters. The molecule has 5 heteroatoms. The molecule has 0 rings (SSSR count). The third-order valence-corrected chi connectivity index (χ3v) is 5.29. The fraction of sp³-hybridized carbons (Fsp3) is 0.913. The molecule has 0 saturated carbocycles. The molecule has 0 aromatic rings. The van der Waals surface area contributed by atoms with Crippen molar-refractivity contribution in [2.75, 3.05) is 13.6 Å². The van der Waals surface area contributed by atoms with Gasteiger partial charge in [0.15, 0.2) is 0 Å². The molecule has 0 radical (unpaired) electrons. The van der Waals surface area contributed by atoms with Crippen LogP contribution in [0.25, 0.3) is 0 Å². The van der Waals surface area contributed by atoms with Gasteiger partial charge in [0.1, 0.15) is 0 Å². The van der Waals surface area contributed by atoms with Crippen LogP contribution in [0.1, 0.15) is 122 Å². The van der Waals surface area contributed by atoms with Gasteiger partial charge in [0.2, 0.25) is 5.91 Å². The van der Waals surface area contributed by atoms with E-state index in [-0.39, 0.29) is 42.0 Å².